The van der Waals surface area contributed by atoms with E-state index in [1.807, 2.05) is 0 Å². The van der Waals surface area contributed by atoms with Crippen LogP contribution in [0, 0.1) is 10.1 Å². The number of nitrogens with one attached hydrogen (secondary N) is 1. The SMILES string of the molecule is CNc1c(COCCOC)cccc1[N+](=O)[O-]. The molecule has 0 spiro atoms. The third-order valence-corrected chi connectivity index (χ3v) is 2.26. The Kier molecular flexibility index (Phi) is 5.38. The highest BCUT2D eigenvalue weighted by Crippen LogP contribution is 2.28. The van der Waals surface area contributed by atoms with Gasteiger partial charge < -0.3 is 14.8 Å². The number of hydrogen-bond acceptors (Lipinski definition) is 5. The van der Waals surface area contributed by atoms with Crippen LogP contribution in [0.5, 0.6) is 0 Å². The summed E-state index contributed by atoms with van der Waals surface area (Å²) < 4.78 is 10.2. The third kappa shape index (κ3) is 3.69. The van der Waals surface area contributed by atoms with Crippen LogP contribution in [0.1, 0.15) is 5.56 Å². The molecule has 0 aliphatic rings. The minimum Gasteiger partial charge on any atom is -0.382 e. The van der Waals surface area contributed by atoms with Gasteiger partial charge in [-0.3, -0.25) is 10.1 Å². The smallest absolute Gasteiger partial charge is 0.292 e. The Morgan fingerprint density at radius 2 is 2.18 bits per heavy atom. The molecule has 0 amide bonds. The summed E-state index contributed by atoms with van der Waals surface area (Å²) in [5.41, 5.74) is 1.31. The van der Waals surface area contributed by atoms with Gasteiger partial charge in [0.1, 0.15) is 5.69 Å². The predicted octanol–water partition coefficient (Wildman–Crippen LogP) is 1.80. The van der Waals surface area contributed by atoms with Gasteiger partial charge in [-0.25, -0.2) is 0 Å². The van der Waals surface area contributed by atoms with Crippen LogP contribution in [0.4, 0.5) is 11.4 Å². The first-order valence-electron chi connectivity index (χ1n) is 5.21. The third-order valence-electron chi connectivity index (χ3n) is 2.26. The van der Waals surface area contributed by atoms with Gasteiger partial charge in [-0.05, 0) is 0 Å². The predicted molar refractivity (Wildman–Crippen MR) is 64.2 cm³/mol. The van der Waals surface area contributed by atoms with Gasteiger partial charge in [0.25, 0.3) is 5.69 Å². The molecule has 0 unspecified atom stereocenters. The molecule has 6 heteroatoms. The van der Waals surface area contributed by atoms with Crippen molar-refractivity contribution in [2.45, 2.75) is 6.61 Å². The summed E-state index contributed by atoms with van der Waals surface area (Å²) >= 11 is 0. The Bertz CT molecular complexity index is 382. The molecular formula is C11H16N2O4. The summed E-state index contributed by atoms with van der Waals surface area (Å²) in [5, 5.41) is 13.6. The summed E-state index contributed by atoms with van der Waals surface area (Å²) in [7, 11) is 3.25. The molecule has 0 radical (unpaired) electrons. The maximum atomic E-state index is 10.8. The Hall–Kier alpha value is -1.66. The normalized spacial score (nSPS) is 10.2. The van der Waals surface area contributed by atoms with Crippen LogP contribution in [0.2, 0.25) is 0 Å². The number of nitro benzene ring substituents is 1. The maximum absolute atomic E-state index is 10.8. The lowest BCUT2D eigenvalue weighted by molar-refractivity contribution is -0.384. The molecular weight excluding hydrogens is 224 g/mol. The molecule has 1 N–H and O–H groups in total. The molecule has 1 rings (SSSR count). The van der Waals surface area contributed by atoms with Gasteiger partial charge >= 0.3 is 0 Å². The van der Waals surface area contributed by atoms with E-state index < -0.39 is 4.92 Å². The number of methoxy groups -OCH3 is 1. The minimum atomic E-state index is -0.412. The van der Waals surface area contributed by atoms with Crippen LogP contribution >= 0.6 is 0 Å². The first kappa shape index (κ1) is 13.4. The van der Waals surface area contributed by atoms with E-state index in [4.69, 9.17) is 9.47 Å². The minimum absolute atomic E-state index is 0.0559. The molecule has 0 aliphatic carbocycles. The van der Waals surface area contributed by atoms with E-state index in [1.165, 1.54) is 6.07 Å². The van der Waals surface area contributed by atoms with Gasteiger partial charge in [0.2, 0.25) is 0 Å². The Labute approximate surface area is 99.7 Å². The first-order valence-corrected chi connectivity index (χ1v) is 5.21. The van der Waals surface area contributed by atoms with Crippen LogP contribution < -0.4 is 5.32 Å². The van der Waals surface area contributed by atoms with Crippen LogP contribution in [0.3, 0.4) is 0 Å². The van der Waals surface area contributed by atoms with E-state index in [1.54, 1.807) is 26.3 Å². The molecule has 0 atom stereocenters. The number of benzene rings is 1. The summed E-state index contributed by atoms with van der Waals surface area (Å²) in [6.45, 7) is 1.29. The molecule has 0 aliphatic heterocycles. The molecule has 0 fully saturated rings. The van der Waals surface area contributed by atoms with E-state index in [0.717, 1.165) is 5.56 Å². The zero-order valence-corrected chi connectivity index (χ0v) is 9.93. The van der Waals surface area contributed by atoms with Crippen LogP contribution in [-0.4, -0.2) is 32.3 Å². The largest absolute Gasteiger partial charge is 0.382 e. The Morgan fingerprint density at radius 3 is 2.76 bits per heavy atom. The fourth-order valence-corrected chi connectivity index (χ4v) is 1.47. The van der Waals surface area contributed by atoms with Crippen molar-refractivity contribution in [1.82, 2.24) is 0 Å². The zero-order valence-electron chi connectivity index (χ0n) is 9.93. The van der Waals surface area contributed by atoms with E-state index in [0.29, 0.717) is 25.5 Å². The van der Waals surface area contributed by atoms with Crippen LogP contribution in [0.25, 0.3) is 0 Å². The molecule has 0 saturated carbocycles. The summed E-state index contributed by atoms with van der Waals surface area (Å²) in [5.74, 6) is 0. The maximum Gasteiger partial charge on any atom is 0.292 e. The number of nitro groups is 1. The topological polar surface area (TPSA) is 73.6 Å². The van der Waals surface area contributed by atoms with Gasteiger partial charge in [0.15, 0.2) is 0 Å². The van der Waals surface area contributed by atoms with Gasteiger partial charge in [-0.1, -0.05) is 12.1 Å². The second kappa shape index (κ2) is 6.82. The highest BCUT2D eigenvalue weighted by Gasteiger charge is 2.15. The van der Waals surface area contributed by atoms with E-state index in [9.17, 15) is 10.1 Å². The lowest BCUT2D eigenvalue weighted by Gasteiger charge is -2.09. The molecule has 0 heterocycles. The zero-order chi connectivity index (χ0) is 12.7. The molecule has 0 aromatic heterocycles. The average molecular weight is 240 g/mol. The highest BCUT2D eigenvalue weighted by molar-refractivity contribution is 5.65. The monoisotopic (exact) mass is 240 g/mol. The van der Waals surface area contributed by atoms with Crippen molar-refractivity contribution >= 4 is 11.4 Å². The number of rotatable bonds is 7. The van der Waals surface area contributed by atoms with Crippen molar-refractivity contribution in [1.29, 1.82) is 0 Å². The fourth-order valence-electron chi connectivity index (χ4n) is 1.47. The molecule has 94 valence electrons. The van der Waals surface area contributed by atoms with Crippen LogP contribution in [-0.2, 0) is 16.1 Å². The first-order chi connectivity index (χ1) is 8.20. The van der Waals surface area contributed by atoms with Crippen molar-refractivity contribution in [2.24, 2.45) is 0 Å². The summed E-state index contributed by atoms with van der Waals surface area (Å²) in [4.78, 5) is 10.4. The summed E-state index contributed by atoms with van der Waals surface area (Å²) in [6.07, 6.45) is 0. The number of anilines is 1. The van der Waals surface area contributed by atoms with Crippen LogP contribution in [0.15, 0.2) is 18.2 Å². The average Bonchev–Trinajstić information content (AvgIpc) is 2.34. The molecule has 17 heavy (non-hydrogen) atoms. The second-order valence-corrected chi connectivity index (χ2v) is 3.36. The Morgan fingerprint density at radius 1 is 1.41 bits per heavy atom. The van der Waals surface area contributed by atoms with Crippen molar-refractivity contribution < 1.29 is 14.4 Å². The van der Waals surface area contributed by atoms with Gasteiger partial charge in [0.05, 0.1) is 24.7 Å². The number of ether oxygens (including phenoxy) is 2. The molecule has 0 bridgehead atoms. The van der Waals surface area contributed by atoms with Crippen molar-refractivity contribution in [3.05, 3.63) is 33.9 Å². The quantitative estimate of drug-likeness (QED) is 0.447. The number of nitrogens with zero attached hydrogens (tertiary/aromatic N) is 1. The molecule has 1 aromatic rings. The Balaban J connectivity index is 2.77. The molecule has 6 nitrogen and oxygen atoms in total. The fraction of sp³-hybridized carbons (Fsp3) is 0.455. The lowest BCUT2D eigenvalue weighted by Crippen LogP contribution is -2.05. The van der Waals surface area contributed by atoms with Gasteiger partial charge in [0, 0.05) is 25.8 Å². The standard InChI is InChI=1S/C11H16N2O4/c1-12-11-9(8-17-7-6-16-2)4-3-5-10(11)13(14)15/h3-5,12H,6-8H2,1-2H3. The van der Waals surface area contributed by atoms with Gasteiger partial charge in [-0.15, -0.1) is 0 Å². The number of hydrogen-bond donors (Lipinski definition) is 1. The molecule has 0 saturated heterocycles. The summed E-state index contributed by atoms with van der Waals surface area (Å²) in [6, 6.07) is 4.91. The van der Waals surface area contributed by atoms with Crippen molar-refractivity contribution in [3.63, 3.8) is 0 Å². The van der Waals surface area contributed by atoms with Crippen molar-refractivity contribution in [2.75, 3.05) is 32.7 Å². The lowest BCUT2D eigenvalue weighted by atomic mass is 10.1. The second-order valence-electron chi connectivity index (χ2n) is 3.36. The van der Waals surface area contributed by atoms with Crippen molar-refractivity contribution in [3.8, 4) is 0 Å². The molecule has 1 aromatic carbocycles. The number of para-hydroxylation sites is 1. The van der Waals surface area contributed by atoms with E-state index >= 15 is 0 Å². The van der Waals surface area contributed by atoms with E-state index in [2.05, 4.69) is 5.32 Å². The van der Waals surface area contributed by atoms with Gasteiger partial charge in [-0.2, -0.15) is 0 Å². The van der Waals surface area contributed by atoms with E-state index in [-0.39, 0.29) is 5.69 Å². The highest BCUT2D eigenvalue weighted by atomic mass is 16.6.